The van der Waals surface area contributed by atoms with E-state index in [2.05, 4.69) is 30.7 Å². The van der Waals surface area contributed by atoms with Crippen LogP contribution in [0, 0.1) is 0 Å². The first-order valence-electron chi connectivity index (χ1n) is 6.62. The lowest BCUT2D eigenvalue weighted by Crippen LogP contribution is -2.08. The van der Waals surface area contributed by atoms with Gasteiger partial charge in [-0.1, -0.05) is 22.4 Å². The van der Waals surface area contributed by atoms with Gasteiger partial charge in [0.05, 0.1) is 0 Å². The smallest absolute Gasteiger partial charge is 0.171 e. The van der Waals surface area contributed by atoms with Gasteiger partial charge < -0.3 is 9.30 Å². The summed E-state index contributed by atoms with van der Waals surface area (Å²) in [6.45, 7) is 1.50. The molecule has 4 nitrogen and oxygen atoms in total. The summed E-state index contributed by atoms with van der Waals surface area (Å²) in [7, 11) is 0. The molecule has 0 N–H and O–H groups in total. The van der Waals surface area contributed by atoms with Gasteiger partial charge in [-0.05, 0) is 37.1 Å². The number of nitrogens with zero attached hydrogens (tertiary/aromatic N) is 3. The fourth-order valence-corrected chi connectivity index (χ4v) is 2.60. The van der Waals surface area contributed by atoms with Gasteiger partial charge in [0, 0.05) is 17.4 Å². The average Bonchev–Trinajstić information content (AvgIpc) is 2.66. The number of hydrogen-bond acceptors (Lipinski definition) is 3. The number of ether oxygens (including phenoxy) is 1. The van der Waals surface area contributed by atoms with Crippen molar-refractivity contribution in [1.82, 2.24) is 14.8 Å². The quantitative estimate of drug-likeness (QED) is 0.870. The third-order valence-corrected chi connectivity index (χ3v) is 3.90. The minimum Gasteiger partial charge on any atom is -0.486 e. The van der Waals surface area contributed by atoms with E-state index in [1.54, 1.807) is 0 Å². The van der Waals surface area contributed by atoms with Crippen LogP contribution in [0.1, 0.15) is 30.9 Å². The van der Waals surface area contributed by atoms with Gasteiger partial charge >= 0.3 is 0 Å². The molecule has 1 aromatic heterocycles. The molecule has 0 aliphatic carbocycles. The molecule has 19 heavy (non-hydrogen) atoms. The van der Waals surface area contributed by atoms with E-state index in [0.717, 1.165) is 34.8 Å². The Balaban J connectivity index is 1.70. The first-order chi connectivity index (χ1) is 9.33. The summed E-state index contributed by atoms with van der Waals surface area (Å²) in [5.74, 6) is 2.89. The number of fused-ring (bicyclic) bond motifs is 1. The van der Waals surface area contributed by atoms with Crippen molar-refractivity contribution in [2.75, 3.05) is 0 Å². The summed E-state index contributed by atoms with van der Waals surface area (Å²) < 4.78 is 9.03. The Morgan fingerprint density at radius 1 is 1.11 bits per heavy atom. The molecule has 1 aliphatic rings. The maximum absolute atomic E-state index is 5.77. The molecule has 0 saturated carbocycles. The van der Waals surface area contributed by atoms with Crippen molar-refractivity contribution >= 4 is 15.9 Å². The van der Waals surface area contributed by atoms with Crippen molar-refractivity contribution in [3.8, 4) is 5.75 Å². The fourth-order valence-electron chi connectivity index (χ4n) is 2.33. The Labute approximate surface area is 120 Å². The number of benzene rings is 1. The largest absolute Gasteiger partial charge is 0.486 e. The molecule has 0 atom stereocenters. The molecule has 100 valence electrons. The molecule has 0 amide bonds. The summed E-state index contributed by atoms with van der Waals surface area (Å²) in [5, 5.41) is 8.52. The van der Waals surface area contributed by atoms with Crippen molar-refractivity contribution in [3.05, 3.63) is 40.4 Å². The molecule has 2 aromatic rings. The minimum atomic E-state index is 0.481. The van der Waals surface area contributed by atoms with Gasteiger partial charge in [-0.3, -0.25) is 0 Å². The van der Waals surface area contributed by atoms with Gasteiger partial charge in [-0.15, -0.1) is 10.2 Å². The highest BCUT2D eigenvalue weighted by Crippen LogP contribution is 2.18. The molecule has 0 radical (unpaired) electrons. The first-order valence-corrected chi connectivity index (χ1v) is 7.41. The summed E-state index contributed by atoms with van der Waals surface area (Å²) >= 11 is 3.41. The van der Waals surface area contributed by atoms with Crippen LogP contribution in [0.25, 0.3) is 0 Å². The molecule has 5 heteroatoms. The van der Waals surface area contributed by atoms with E-state index in [1.807, 2.05) is 24.3 Å². The van der Waals surface area contributed by atoms with Gasteiger partial charge in [-0.2, -0.15) is 0 Å². The highest BCUT2D eigenvalue weighted by atomic mass is 79.9. The number of aromatic nitrogens is 3. The van der Waals surface area contributed by atoms with Crippen molar-refractivity contribution in [3.63, 3.8) is 0 Å². The molecule has 3 rings (SSSR count). The van der Waals surface area contributed by atoms with Crippen LogP contribution in [0.4, 0.5) is 0 Å². The number of rotatable bonds is 3. The first kappa shape index (κ1) is 12.7. The van der Waals surface area contributed by atoms with Crippen LogP contribution < -0.4 is 4.74 Å². The molecule has 0 saturated heterocycles. The zero-order valence-electron chi connectivity index (χ0n) is 10.7. The molecule has 0 bridgehead atoms. The maximum atomic E-state index is 5.77. The third kappa shape index (κ3) is 2.97. The standard InChI is InChI=1S/C14H16BrN3O/c15-11-5-7-12(8-6-11)19-10-14-17-16-13-4-2-1-3-9-18(13)14/h5-8H,1-4,9-10H2. The Morgan fingerprint density at radius 2 is 1.95 bits per heavy atom. The Morgan fingerprint density at radius 3 is 2.79 bits per heavy atom. The van der Waals surface area contributed by atoms with Crippen LogP contribution in [0.15, 0.2) is 28.7 Å². The minimum absolute atomic E-state index is 0.481. The Kier molecular flexibility index (Phi) is 3.82. The predicted octanol–water partition coefficient (Wildman–Crippen LogP) is 3.35. The lowest BCUT2D eigenvalue weighted by atomic mass is 10.2. The number of aryl methyl sites for hydroxylation is 1. The molecular weight excluding hydrogens is 306 g/mol. The molecule has 1 aliphatic heterocycles. The Hall–Kier alpha value is -1.36. The van der Waals surface area contributed by atoms with E-state index in [0.29, 0.717) is 6.61 Å². The van der Waals surface area contributed by atoms with Crippen molar-refractivity contribution in [1.29, 1.82) is 0 Å². The van der Waals surface area contributed by atoms with Crippen LogP contribution in [0.5, 0.6) is 5.75 Å². The zero-order chi connectivity index (χ0) is 13.1. The average molecular weight is 322 g/mol. The predicted molar refractivity (Wildman–Crippen MR) is 76.1 cm³/mol. The fraction of sp³-hybridized carbons (Fsp3) is 0.429. The van der Waals surface area contributed by atoms with Gasteiger partial charge in [0.2, 0.25) is 0 Å². The van der Waals surface area contributed by atoms with Crippen molar-refractivity contribution in [2.45, 2.75) is 38.8 Å². The second-order valence-electron chi connectivity index (χ2n) is 4.74. The molecular formula is C14H16BrN3O. The SMILES string of the molecule is Brc1ccc(OCc2nnc3n2CCCCC3)cc1. The van der Waals surface area contributed by atoms with E-state index >= 15 is 0 Å². The summed E-state index contributed by atoms with van der Waals surface area (Å²) in [6.07, 6.45) is 4.73. The second-order valence-corrected chi connectivity index (χ2v) is 5.65. The third-order valence-electron chi connectivity index (χ3n) is 3.37. The van der Waals surface area contributed by atoms with Crippen molar-refractivity contribution in [2.24, 2.45) is 0 Å². The monoisotopic (exact) mass is 321 g/mol. The highest BCUT2D eigenvalue weighted by Gasteiger charge is 2.14. The maximum Gasteiger partial charge on any atom is 0.171 e. The summed E-state index contributed by atoms with van der Waals surface area (Å²) in [4.78, 5) is 0. The topological polar surface area (TPSA) is 39.9 Å². The molecule has 0 fully saturated rings. The molecule has 0 spiro atoms. The lowest BCUT2D eigenvalue weighted by Gasteiger charge is -2.08. The number of halogens is 1. The second kappa shape index (κ2) is 5.74. The van der Waals surface area contributed by atoms with Gasteiger partial charge in [0.1, 0.15) is 18.2 Å². The molecule has 1 aromatic carbocycles. The van der Waals surface area contributed by atoms with Crippen LogP contribution in [-0.4, -0.2) is 14.8 Å². The number of hydrogen-bond donors (Lipinski definition) is 0. The van der Waals surface area contributed by atoms with Crippen LogP contribution in [-0.2, 0) is 19.6 Å². The highest BCUT2D eigenvalue weighted by molar-refractivity contribution is 9.10. The Bertz CT molecular complexity index is 550. The van der Waals surface area contributed by atoms with Gasteiger partial charge in [0.15, 0.2) is 5.82 Å². The van der Waals surface area contributed by atoms with Crippen LogP contribution in [0.2, 0.25) is 0 Å². The summed E-state index contributed by atoms with van der Waals surface area (Å²) in [5.41, 5.74) is 0. The van der Waals surface area contributed by atoms with Crippen LogP contribution in [0.3, 0.4) is 0 Å². The van der Waals surface area contributed by atoms with E-state index in [9.17, 15) is 0 Å². The molecule has 2 heterocycles. The molecule has 0 unspecified atom stereocenters. The van der Waals surface area contributed by atoms with E-state index < -0.39 is 0 Å². The van der Waals surface area contributed by atoms with E-state index in [4.69, 9.17) is 4.74 Å². The van der Waals surface area contributed by atoms with Gasteiger partial charge in [0.25, 0.3) is 0 Å². The van der Waals surface area contributed by atoms with Gasteiger partial charge in [-0.25, -0.2) is 0 Å². The van der Waals surface area contributed by atoms with E-state index in [-0.39, 0.29) is 0 Å². The van der Waals surface area contributed by atoms with Crippen LogP contribution >= 0.6 is 15.9 Å². The summed E-state index contributed by atoms with van der Waals surface area (Å²) in [6, 6.07) is 7.84. The van der Waals surface area contributed by atoms with Crippen molar-refractivity contribution < 1.29 is 4.74 Å². The normalized spacial score (nSPS) is 14.8. The van der Waals surface area contributed by atoms with E-state index in [1.165, 1.54) is 19.3 Å². The zero-order valence-corrected chi connectivity index (χ0v) is 12.3. The lowest BCUT2D eigenvalue weighted by molar-refractivity contribution is 0.288.